The predicted octanol–water partition coefficient (Wildman–Crippen LogP) is 3.22. The van der Waals surface area contributed by atoms with Gasteiger partial charge >= 0.3 is 0 Å². The standard InChI is InChI=1S/C16H20N2OS/c1-12-3-5-15(6-4-12)18-16(19)13(2)17-9-7-14-8-10-20-11-14/h3-6,8,10-11,13,17H,7,9H2,1-2H3,(H,18,19). The summed E-state index contributed by atoms with van der Waals surface area (Å²) in [5, 5.41) is 10.4. The molecule has 0 aliphatic rings. The van der Waals surface area contributed by atoms with E-state index < -0.39 is 0 Å². The molecule has 2 rings (SSSR count). The van der Waals surface area contributed by atoms with E-state index in [0.717, 1.165) is 18.7 Å². The molecule has 0 saturated heterocycles. The highest BCUT2D eigenvalue weighted by Crippen LogP contribution is 2.09. The third-order valence-corrected chi connectivity index (χ3v) is 3.89. The van der Waals surface area contributed by atoms with E-state index in [0.29, 0.717) is 0 Å². The van der Waals surface area contributed by atoms with Gasteiger partial charge in [-0.1, -0.05) is 17.7 Å². The van der Waals surface area contributed by atoms with Crippen LogP contribution in [-0.2, 0) is 11.2 Å². The zero-order valence-electron chi connectivity index (χ0n) is 11.8. The van der Waals surface area contributed by atoms with E-state index in [1.54, 1.807) is 11.3 Å². The number of benzene rings is 1. The second-order valence-electron chi connectivity index (χ2n) is 4.91. The second kappa shape index (κ2) is 7.22. The molecule has 0 aliphatic heterocycles. The molecular weight excluding hydrogens is 268 g/mol. The van der Waals surface area contributed by atoms with E-state index in [4.69, 9.17) is 0 Å². The normalized spacial score (nSPS) is 12.1. The molecular formula is C16H20N2OS. The van der Waals surface area contributed by atoms with Gasteiger partial charge in [0.25, 0.3) is 0 Å². The number of anilines is 1. The minimum atomic E-state index is -0.199. The first-order valence-corrected chi connectivity index (χ1v) is 7.71. The first-order chi connectivity index (χ1) is 9.65. The van der Waals surface area contributed by atoms with Gasteiger partial charge in [0.1, 0.15) is 0 Å². The zero-order valence-corrected chi connectivity index (χ0v) is 12.7. The molecule has 1 unspecified atom stereocenters. The van der Waals surface area contributed by atoms with Crippen molar-refractivity contribution in [1.29, 1.82) is 0 Å². The lowest BCUT2D eigenvalue weighted by molar-refractivity contribution is -0.117. The van der Waals surface area contributed by atoms with Gasteiger partial charge in [0.05, 0.1) is 6.04 Å². The topological polar surface area (TPSA) is 41.1 Å². The Labute approximate surface area is 124 Å². The van der Waals surface area contributed by atoms with Gasteiger partial charge in [-0.2, -0.15) is 11.3 Å². The van der Waals surface area contributed by atoms with Crippen LogP contribution in [0.25, 0.3) is 0 Å². The predicted molar refractivity (Wildman–Crippen MR) is 85.3 cm³/mol. The SMILES string of the molecule is Cc1ccc(NC(=O)C(C)NCCc2ccsc2)cc1. The number of thiophene rings is 1. The zero-order chi connectivity index (χ0) is 14.4. The number of carbonyl (C=O) groups excluding carboxylic acids is 1. The van der Waals surface area contributed by atoms with Gasteiger partial charge in [-0.25, -0.2) is 0 Å². The van der Waals surface area contributed by atoms with Crippen LogP contribution in [0.4, 0.5) is 5.69 Å². The van der Waals surface area contributed by atoms with E-state index in [2.05, 4.69) is 27.5 Å². The number of aryl methyl sites for hydroxylation is 1. The summed E-state index contributed by atoms with van der Waals surface area (Å²) in [4.78, 5) is 12.0. The fourth-order valence-corrected chi connectivity index (χ4v) is 2.55. The van der Waals surface area contributed by atoms with Gasteiger partial charge in [0.2, 0.25) is 5.91 Å². The summed E-state index contributed by atoms with van der Waals surface area (Å²) in [6.45, 7) is 4.72. The van der Waals surface area contributed by atoms with Crippen LogP contribution in [-0.4, -0.2) is 18.5 Å². The number of hydrogen-bond acceptors (Lipinski definition) is 3. The average Bonchev–Trinajstić information content (AvgIpc) is 2.94. The molecule has 20 heavy (non-hydrogen) atoms. The summed E-state index contributed by atoms with van der Waals surface area (Å²) in [6.07, 6.45) is 0.950. The molecule has 1 atom stereocenters. The summed E-state index contributed by atoms with van der Waals surface area (Å²) in [7, 11) is 0. The molecule has 1 heterocycles. The Morgan fingerprint density at radius 2 is 2.00 bits per heavy atom. The van der Waals surface area contributed by atoms with Crippen LogP contribution in [0.3, 0.4) is 0 Å². The molecule has 1 aromatic heterocycles. The van der Waals surface area contributed by atoms with Crippen LogP contribution < -0.4 is 10.6 Å². The Balaban J connectivity index is 1.75. The summed E-state index contributed by atoms with van der Waals surface area (Å²) in [6, 6.07) is 9.74. The maximum atomic E-state index is 12.0. The van der Waals surface area contributed by atoms with E-state index in [9.17, 15) is 4.79 Å². The maximum absolute atomic E-state index is 12.0. The number of carbonyl (C=O) groups is 1. The van der Waals surface area contributed by atoms with Crippen molar-refractivity contribution in [3.05, 3.63) is 52.2 Å². The minimum Gasteiger partial charge on any atom is -0.325 e. The number of amides is 1. The lowest BCUT2D eigenvalue weighted by Gasteiger charge is -2.14. The van der Waals surface area contributed by atoms with E-state index >= 15 is 0 Å². The monoisotopic (exact) mass is 288 g/mol. The molecule has 0 aliphatic carbocycles. The highest BCUT2D eigenvalue weighted by Gasteiger charge is 2.11. The van der Waals surface area contributed by atoms with Crippen LogP contribution in [0.5, 0.6) is 0 Å². The molecule has 1 aromatic carbocycles. The molecule has 0 fully saturated rings. The third-order valence-electron chi connectivity index (χ3n) is 3.16. The van der Waals surface area contributed by atoms with E-state index in [1.165, 1.54) is 11.1 Å². The number of nitrogens with one attached hydrogen (secondary N) is 2. The highest BCUT2D eigenvalue weighted by atomic mass is 32.1. The Bertz CT molecular complexity index is 534. The van der Waals surface area contributed by atoms with Gasteiger partial charge < -0.3 is 10.6 Å². The van der Waals surface area contributed by atoms with Gasteiger partial charge in [0.15, 0.2) is 0 Å². The second-order valence-corrected chi connectivity index (χ2v) is 5.69. The molecule has 0 bridgehead atoms. The lowest BCUT2D eigenvalue weighted by Crippen LogP contribution is -2.39. The Morgan fingerprint density at radius 3 is 2.65 bits per heavy atom. The van der Waals surface area contributed by atoms with Crippen molar-refractivity contribution >= 4 is 22.9 Å². The van der Waals surface area contributed by atoms with Crippen molar-refractivity contribution in [2.75, 3.05) is 11.9 Å². The van der Waals surface area contributed by atoms with Crippen molar-refractivity contribution in [3.63, 3.8) is 0 Å². The summed E-state index contributed by atoms with van der Waals surface area (Å²) < 4.78 is 0. The van der Waals surface area contributed by atoms with Crippen LogP contribution in [0.1, 0.15) is 18.1 Å². The molecule has 0 saturated carbocycles. The minimum absolute atomic E-state index is 0.000767. The lowest BCUT2D eigenvalue weighted by atomic mass is 10.2. The van der Waals surface area contributed by atoms with Crippen LogP contribution in [0.15, 0.2) is 41.1 Å². The Hall–Kier alpha value is -1.65. The fraction of sp³-hybridized carbons (Fsp3) is 0.312. The van der Waals surface area contributed by atoms with E-state index in [-0.39, 0.29) is 11.9 Å². The summed E-state index contributed by atoms with van der Waals surface area (Å²) in [5.74, 6) is -0.000767. The number of rotatable bonds is 6. The average molecular weight is 288 g/mol. The smallest absolute Gasteiger partial charge is 0.241 e. The Morgan fingerprint density at radius 1 is 1.25 bits per heavy atom. The maximum Gasteiger partial charge on any atom is 0.241 e. The van der Waals surface area contributed by atoms with Gasteiger partial charge in [-0.3, -0.25) is 4.79 Å². The van der Waals surface area contributed by atoms with Gasteiger partial charge in [0, 0.05) is 5.69 Å². The third kappa shape index (κ3) is 4.47. The molecule has 106 valence electrons. The molecule has 0 radical (unpaired) electrons. The van der Waals surface area contributed by atoms with Crippen LogP contribution >= 0.6 is 11.3 Å². The van der Waals surface area contributed by atoms with Gasteiger partial charge in [-0.15, -0.1) is 0 Å². The van der Waals surface area contributed by atoms with Crippen molar-refractivity contribution in [1.82, 2.24) is 5.32 Å². The fourth-order valence-electron chi connectivity index (χ4n) is 1.85. The van der Waals surface area contributed by atoms with Crippen LogP contribution in [0.2, 0.25) is 0 Å². The van der Waals surface area contributed by atoms with Crippen molar-refractivity contribution in [2.45, 2.75) is 26.3 Å². The van der Waals surface area contributed by atoms with Gasteiger partial charge in [-0.05, 0) is 61.3 Å². The summed E-state index contributed by atoms with van der Waals surface area (Å²) >= 11 is 1.70. The first-order valence-electron chi connectivity index (χ1n) is 6.77. The Kier molecular flexibility index (Phi) is 5.32. The highest BCUT2D eigenvalue weighted by molar-refractivity contribution is 7.07. The first kappa shape index (κ1) is 14.8. The van der Waals surface area contributed by atoms with Crippen molar-refractivity contribution in [2.24, 2.45) is 0 Å². The summed E-state index contributed by atoms with van der Waals surface area (Å²) in [5.41, 5.74) is 3.34. The molecule has 2 N–H and O–H groups in total. The molecule has 1 amide bonds. The van der Waals surface area contributed by atoms with Crippen molar-refractivity contribution in [3.8, 4) is 0 Å². The van der Waals surface area contributed by atoms with Crippen molar-refractivity contribution < 1.29 is 4.79 Å². The number of hydrogen-bond donors (Lipinski definition) is 2. The van der Waals surface area contributed by atoms with Crippen LogP contribution in [0, 0.1) is 6.92 Å². The molecule has 2 aromatic rings. The molecule has 0 spiro atoms. The van der Waals surface area contributed by atoms with E-state index in [1.807, 2.05) is 38.1 Å². The quantitative estimate of drug-likeness (QED) is 0.857. The molecule has 3 nitrogen and oxygen atoms in total. The molecule has 4 heteroatoms. The largest absolute Gasteiger partial charge is 0.325 e.